The molecular formula is C34H52ClNO3PSi+. The van der Waals surface area contributed by atoms with Gasteiger partial charge in [0.15, 0.2) is 17.5 Å². The van der Waals surface area contributed by atoms with E-state index >= 15 is 0 Å². The summed E-state index contributed by atoms with van der Waals surface area (Å²) in [7, 11) is -6.03. The van der Waals surface area contributed by atoms with Crippen molar-refractivity contribution in [2.24, 2.45) is 0 Å². The summed E-state index contributed by atoms with van der Waals surface area (Å²) in [6, 6.07) is 21.2. The Morgan fingerprint density at radius 2 is 1.34 bits per heavy atom. The van der Waals surface area contributed by atoms with Gasteiger partial charge < -0.3 is 4.43 Å². The molecule has 0 amide bonds. The normalized spacial score (nSPS) is 18.2. The van der Waals surface area contributed by atoms with Gasteiger partial charge in [-0.2, -0.15) is 9.98 Å². The summed E-state index contributed by atoms with van der Waals surface area (Å²) in [6.45, 7) is 9.08. The maximum Gasteiger partial charge on any atom is 0.520 e. The van der Waals surface area contributed by atoms with Crippen LogP contribution >= 0.6 is 18.5 Å². The van der Waals surface area contributed by atoms with Crippen molar-refractivity contribution in [2.45, 2.75) is 116 Å². The van der Waals surface area contributed by atoms with Crippen LogP contribution in [0.25, 0.3) is 0 Å². The Morgan fingerprint density at radius 3 is 1.78 bits per heavy atom. The molecule has 0 saturated carbocycles. The lowest BCUT2D eigenvalue weighted by Crippen LogP contribution is -2.67. The highest BCUT2D eigenvalue weighted by Gasteiger charge is 2.53. The Balaban J connectivity index is 1.70. The first-order valence-corrected chi connectivity index (χ1v) is 20.1. The molecule has 3 rings (SSSR count). The summed E-state index contributed by atoms with van der Waals surface area (Å²) >= 11 is 6.20. The summed E-state index contributed by atoms with van der Waals surface area (Å²) in [6.07, 6.45) is 21.1. The lowest BCUT2D eigenvalue weighted by Gasteiger charge is -2.44. The topological polar surface area (TPSA) is 50.7 Å². The fourth-order valence-corrected chi connectivity index (χ4v) is 11.5. The molecule has 0 bridgehead atoms. The van der Waals surface area contributed by atoms with E-state index in [1.807, 2.05) is 12.1 Å². The molecule has 1 unspecified atom stereocenters. The Kier molecular flexibility index (Phi) is 13.9. The van der Waals surface area contributed by atoms with E-state index in [1.165, 1.54) is 80.8 Å². The van der Waals surface area contributed by atoms with Gasteiger partial charge >= 0.3 is 7.22 Å². The van der Waals surface area contributed by atoms with E-state index in [9.17, 15) is 4.89 Å². The van der Waals surface area contributed by atoms with Gasteiger partial charge in [0.05, 0.1) is 0 Å². The third-order valence-corrected chi connectivity index (χ3v) is 14.3. The molecule has 226 valence electrons. The molecule has 0 radical (unpaired) electrons. The first-order valence-electron chi connectivity index (χ1n) is 15.6. The van der Waals surface area contributed by atoms with Crippen molar-refractivity contribution in [1.29, 1.82) is 0 Å². The number of hydrogen-bond donors (Lipinski definition) is 2. The maximum absolute atomic E-state index is 10.4. The number of hydrogen-bond acceptors (Lipinski definition) is 4. The molecular weight excluding hydrogens is 565 g/mol. The zero-order chi connectivity index (χ0) is 29.6. The summed E-state index contributed by atoms with van der Waals surface area (Å²) in [4.78, 5) is 10.4. The highest BCUT2D eigenvalue weighted by Crippen LogP contribution is 2.61. The van der Waals surface area contributed by atoms with Crippen LogP contribution in [-0.4, -0.2) is 19.3 Å². The molecule has 1 aliphatic rings. The summed E-state index contributed by atoms with van der Waals surface area (Å²) in [5.74, 6) is 0. The maximum atomic E-state index is 10.4. The zero-order valence-corrected chi connectivity index (χ0v) is 28.3. The van der Waals surface area contributed by atoms with E-state index in [0.717, 1.165) is 12.8 Å². The van der Waals surface area contributed by atoms with Gasteiger partial charge in [0.1, 0.15) is 11.8 Å². The zero-order valence-electron chi connectivity index (χ0n) is 25.7. The molecule has 4 nitrogen and oxygen atoms in total. The molecule has 0 saturated heterocycles. The Hall–Kier alpha value is -1.62. The molecule has 41 heavy (non-hydrogen) atoms. The molecule has 2 aromatic rings. The monoisotopic (exact) mass is 616 g/mol. The summed E-state index contributed by atoms with van der Waals surface area (Å²) < 4.78 is 12.8. The van der Waals surface area contributed by atoms with Crippen LogP contribution in [0.3, 0.4) is 0 Å². The molecule has 2 aromatic carbocycles. The second-order valence-corrected chi connectivity index (χ2v) is 19.3. The van der Waals surface area contributed by atoms with Crippen LogP contribution in [0.2, 0.25) is 5.04 Å². The van der Waals surface area contributed by atoms with Gasteiger partial charge in [0.25, 0.3) is 8.32 Å². The molecule has 0 aliphatic carbocycles. The minimum absolute atomic E-state index is 0.176. The van der Waals surface area contributed by atoms with Gasteiger partial charge in [0, 0.05) is 0 Å². The largest absolute Gasteiger partial charge is 0.520 e. The highest BCUT2D eigenvalue weighted by atomic mass is 35.7. The van der Waals surface area contributed by atoms with E-state index in [1.54, 1.807) is 0 Å². The molecule has 2 atom stereocenters. The Morgan fingerprint density at radius 1 is 0.854 bits per heavy atom. The van der Waals surface area contributed by atoms with Crippen molar-refractivity contribution in [3.63, 3.8) is 0 Å². The summed E-state index contributed by atoms with van der Waals surface area (Å²) in [5.41, 5.74) is 0.666. The van der Waals surface area contributed by atoms with Crippen LogP contribution < -0.4 is 15.5 Å². The van der Waals surface area contributed by atoms with Gasteiger partial charge in [0.2, 0.25) is 0 Å². The van der Waals surface area contributed by atoms with Crippen molar-refractivity contribution in [3.8, 4) is 0 Å². The summed E-state index contributed by atoms with van der Waals surface area (Å²) in [5, 5.41) is 5.26. The lowest BCUT2D eigenvalue weighted by atomic mass is 10.1. The molecule has 0 aromatic heterocycles. The first kappa shape index (κ1) is 33.9. The number of nitrogens with one attached hydrogen (secondary N) is 1. The van der Waals surface area contributed by atoms with Crippen molar-refractivity contribution in [1.82, 2.24) is 5.09 Å². The van der Waals surface area contributed by atoms with Crippen LogP contribution in [0, 0.1) is 0 Å². The number of rotatable bonds is 18. The van der Waals surface area contributed by atoms with E-state index < -0.39 is 21.6 Å². The van der Waals surface area contributed by atoms with Gasteiger partial charge in [-0.15, -0.1) is 0 Å². The minimum Gasteiger partial charge on any atom is -0.395 e. The Bertz CT molecular complexity index is 1030. The molecule has 1 heterocycles. The van der Waals surface area contributed by atoms with Crippen LogP contribution in [0.15, 0.2) is 84.8 Å². The number of benzene rings is 2. The average Bonchev–Trinajstić information content (AvgIpc) is 3.32. The van der Waals surface area contributed by atoms with Gasteiger partial charge in [-0.1, -0.05) is 165 Å². The van der Waals surface area contributed by atoms with Gasteiger partial charge in [-0.25, -0.2) is 0 Å². The smallest absolute Gasteiger partial charge is 0.395 e. The second-order valence-electron chi connectivity index (χ2n) is 12.2. The number of unbranched alkanes of at least 4 members (excludes halogenated alkanes) is 11. The fraction of sp³-hybridized carbons (Fsp3) is 0.529. The fourth-order valence-electron chi connectivity index (χ4n) is 5.70. The lowest BCUT2D eigenvalue weighted by molar-refractivity contribution is 0.260. The number of halogens is 1. The van der Waals surface area contributed by atoms with Crippen LogP contribution in [-0.2, 0) is 8.95 Å². The van der Waals surface area contributed by atoms with Crippen molar-refractivity contribution in [2.75, 3.05) is 0 Å². The number of allylic oxidation sites excluding steroid dienone is 1. The average molecular weight is 617 g/mol. The molecule has 2 N–H and O–H groups in total. The third-order valence-electron chi connectivity index (χ3n) is 7.90. The minimum atomic E-state index is -3.19. The molecule has 0 fully saturated rings. The predicted molar refractivity (Wildman–Crippen MR) is 180 cm³/mol. The Labute approximate surface area is 256 Å². The van der Waals surface area contributed by atoms with Crippen molar-refractivity contribution in [3.05, 3.63) is 84.8 Å². The predicted octanol–water partition coefficient (Wildman–Crippen LogP) is 9.56. The second kappa shape index (κ2) is 16.9. The van der Waals surface area contributed by atoms with Crippen molar-refractivity contribution >= 4 is 37.2 Å². The molecule has 0 spiro atoms. The van der Waals surface area contributed by atoms with E-state index in [-0.39, 0.29) is 5.04 Å². The first-order chi connectivity index (χ1) is 19.7. The standard InChI is InChI=1S/C34H52ClNO3PSi/c1-5-6-7-8-9-10-11-12-13-14-15-16-23-28-33(32-29-38-40(35,37)36-32)39-41(34(2,3)4,30-24-19-17-20-25-30)31-26-21-18-22-27-31/h17-29,33,36-37H,5-16H2,1-4H3/q+1/t33-,40?/m1/s1. The SMILES string of the molecule is CCCCCCCCCCCCCC=C[C@@H](O[Si](c1ccccc1)(c1ccccc1)C(C)(C)C)C1=CO[P+](O)(Cl)N1. The van der Waals surface area contributed by atoms with E-state index in [2.05, 4.69) is 93.5 Å². The van der Waals surface area contributed by atoms with E-state index in [4.69, 9.17) is 20.2 Å². The van der Waals surface area contributed by atoms with Crippen molar-refractivity contribution < 1.29 is 13.8 Å². The van der Waals surface area contributed by atoms with Crippen LogP contribution in [0.1, 0.15) is 105 Å². The molecule has 1 aliphatic heterocycles. The van der Waals surface area contributed by atoms with E-state index in [0.29, 0.717) is 5.70 Å². The van der Waals surface area contributed by atoms with Gasteiger partial charge in [-0.05, 0) is 28.3 Å². The van der Waals surface area contributed by atoms with Crippen LogP contribution in [0.5, 0.6) is 0 Å². The quantitative estimate of drug-likeness (QED) is 0.0758. The highest BCUT2D eigenvalue weighted by molar-refractivity contribution is 7.89. The third kappa shape index (κ3) is 10.3. The molecule has 7 heteroatoms. The van der Waals surface area contributed by atoms with Gasteiger partial charge in [-0.3, -0.25) is 4.52 Å². The van der Waals surface area contributed by atoms with Crippen LogP contribution in [0.4, 0.5) is 0 Å².